The highest BCUT2D eigenvalue weighted by atomic mass is 35.5. The summed E-state index contributed by atoms with van der Waals surface area (Å²) in [4.78, 5) is 11.7. The molecule has 1 saturated carbocycles. The van der Waals surface area contributed by atoms with Gasteiger partial charge in [0.15, 0.2) is 0 Å². The fourth-order valence-electron chi connectivity index (χ4n) is 2.16. The average molecular weight is 271 g/mol. The maximum atomic E-state index is 13.0. The highest BCUT2D eigenvalue weighted by Gasteiger charge is 2.16. The third-order valence-corrected chi connectivity index (χ3v) is 3.42. The van der Waals surface area contributed by atoms with Crippen molar-refractivity contribution in [2.45, 2.75) is 31.7 Å². The number of carbonyl (C=O) groups is 1. The van der Waals surface area contributed by atoms with Crippen molar-refractivity contribution in [1.29, 1.82) is 0 Å². The smallest absolute Gasteiger partial charge is 0.239 e. The summed E-state index contributed by atoms with van der Waals surface area (Å²) < 4.78 is 13.0. The highest BCUT2D eigenvalue weighted by Crippen LogP contribution is 2.22. The van der Waals surface area contributed by atoms with Crippen molar-refractivity contribution in [3.05, 3.63) is 29.0 Å². The van der Waals surface area contributed by atoms with Crippen LogP contribution in [0.1, 0.15) is 25.7 Å². The normalized spacial score (nSPS) is 15.7. The van der Waals surface area contributed by atoms with Gasteiger partial charge >= 0.3 is 0 Å². The fourth-order valence-corrected chi connectivity index (χ4v) is 2.34. The van der Waals surface area contributed by atoms with Crippen LogP contribution in [0.5, 0.6) is 0 Å². The molecule has 0 atom stereocenters. The van der Waals surface area contributed by atoms with E-state index in [0.29, 0.717) is 16.8 Å². The maximum Gasteiger partial charge on any atom is 0.239 e. The second-order valence-corrected chi connectivity index (χ2v) is 4.93. The third kappa shape index (κ3) is 3.60. The molecule has 1 amide bonds. The molecule has 3 nitrogen and oxygen atoms in total. The number of hydrogen-bond acceptors (Lipinski definition) is 2. The van der Waals surface area contributed by atoms with Crippen LogP contribution in [0.4, 0.5) is 10.1 Å². The van der Waals surface area contributed by atoms with E-state index in [1.54, 1.807) is 0 Å². The minimum atomic E-state index is -0.377. The first-order valence-electron chi connectivity index (χ1n) is 6.13. The van der Waals surface area contributed by atoms with Crippen molar-refractivity contribution in [2.24, 2.45) is 0 Å². The Labute approximate surface area is 111 Å². The molecule has 1 aliphatic carbocycles. The lowest BCUT2D eigenvalue weighted by Gasteiger charge is -2.13. The molecule has 0 radical (unpaired) electrons. The monoisotopic (exact) mass is 270 g/mol. The van der Waals surface area contributed by atoms with Crippen molar-refractivity contribution >= 4 is 23.2 Å². The Morgan fingerprint density at radius 1 is 1.39 bits per heavy atom. The first-order valence-corrected chi connectivity index (χ1v) is 6.51. The lowest BCUT2D eigenvalue weighted by Crippen LogP contribution is -2.36. The van der Waals surface area contributed by atoms with Gasteiger partial charge in [0.1, 0.15) is 5.82 Å². The van der Waals surface area contributed by atoms with Gasteiger partial charge in [0, 0.05) is 6.04 Å². The molecule has 0 spiro atoms. The number of benzene rings is 1. The van der Waals surface area contributed by atoms with E-state index in [2.05, 4.69) is 10.6 Å². The molecule has 1 fully saturated rings. The van der Waals surface area contributed by atoms with E-state index in [9.17, 15) is 9.18 Å². The summed E-state index contributed by atoms with van der Waals surface area (Å²) in [5.41, 5.74) is 0.443. The molecule has 0 heterocycles. The number of carbonyl (C=O) groups excluding carboxylic acids is 1. The topological polar surface area (TPSA) is 41.1 Å². The molecule has 5 heteroatoms. The predicted molar refractivity (Wildman–Crippen MR) is 70.3 cm³/mol. The number of nitrogens with one attached hydrogen (secondary N) is 2. The number of hydrogen-bond donors (Lipinski definition) is 2. The van der Waals surface area contributed by atoms with Crippen LogP contribution in [-0.2, 0) is 4.79 Å². The Kier molecular flexibility index (Phi) is 4.42. The summed E-state index contributed by atoms with van der Waals surface area (Å²) in [7, 11) is 0. The van der Waals surface area contributed by atoms with E-state index < -0.39 is 0 Å². The number of amides is 1. The molecule has 1 aromatic carbocycles. The molecule has 2 rings (SSSR count). The van der Waals surface area contributed by atoms with Gasteiger partial charge in [-0.2, -0.15) is 0 Å². The fraction of sp³-hybridized carbons (Fsp3) is 0.462. The number of rotatable bonds is 4. The summed E-state index contributed by atoms with van der Waals surface area (Å²) >= 11 is 5.89. The molecule has 0 unspecified atom stereocenters. The van der Waals surface area contributed by atoms with Crippen LogP contribution >= 0.6 is 11.6 Å². The number of anilines is 1. The zero-order valence-corrected chi connectivity index (χ0v) is 10.8. The molecule has 1 aromatic rings. The van der Waals surface area contributed by atoms with Crippen molar-refractivity contribution in [3.8, 4) is 0 Å². The molecular weight excluding hydrogens is 255 g/mol. The first-order chi connectivity index (χ1) is 8.65. The molecule has 98 valence electrons. The quantitative estimate of drug-likeness (QED) is 0.883. The Morgan fingerprint density at radius 3 is 2.83 bits per heavy atom. The summed E-state index contributed by atoms with van der Waals surface area (Å²) in [5.74, 6) is -0.458. The Balaban J connectivity index is 1.83. The van der Waals surface area contributed by atoms with Gasteiger partial charge in [-0.15, -0.1) is 0 Å². The van der Waals surface area contributed by atoms with Gasteiger partial charge in [-0.05, 0) is 31.0 Å². The SMILES string of the molecule is O=C(CNc1cc(F)ccc1Cl)NC1CCCC1. The van der Waals surface area contributed by atoms with E-state index >= 15 is 0 Å². The minimum absolute atomic E-state index is 0.0813. The zero-order valence-electron chi connectivity index (χ0n) is 10.0. The lowest BCUT2D eigenvalue weighted by molar-refractivity contribution is -0.120. The number of halogens is 2. The molecule has 1 aliphatic rings. The summed E-state index contributed by atoms with van der Waals surface area (Å²) in [6.07, 6.45) is 4.45. The molecule has 0 saturated heterocycles. The van der Waals surface area contributed by atoms with E-state index in [-0.39, 0.29) is 18.3 Å². The van der Waals surface area contributed by atoms with Crippen LogP contribution in [0.3, 0.4) is 0 Å². The minimum Gasteiger partial charge on any atom is -0.375 e. The molecule has 2 N–H and O–H groups in total. The molecular formula is C13H16ClFN2O. The predicted octanol–water partition coefficient (Wildman–Crippen LogP) is 2.95. The maximum absolute atomic E-state index is 13.0. The van der Waals surface area contributed by atoms with Gasteiger partial charge in [-0.3, -0.25) is 4.79 Å². The second-order valence-electron chi connectivity index (χ2n) is 4.53. The van der Waals surface area contributed by atoms with E-state index in [0.717, 1.165) is 12.8 Å². The summed E-state index contributed by atoms with van der Waals surface area (Å²) in [6.45, 7) is 0.111. The largest absolute Gasteiger partial charge is 0.375 e. The summed E-state index contributed by atoms with van der Waals surface area (Å²) in [5, 5.41) is 6.20. The van der Waals surface area contributed by atoms with Crippen LogP contribution in [0.2, 0.25) is 5.02 Å². The van der Waals surface area contributed by atoms with Crippen LogP contribution < -0.4 is 10.6 Å². The van der Waals surface area contributed by atoms with Gasteiger partial charge < -0.3 is 10.6 Å². The van der Waals surface area contributed by atoms with Crippen molar-refractivity contribution in [2.75, 3.05) is 11.9 Å². The van der Waals surface area contributed by atoms with Gasteiger partial charge in [0.05, 0.1) is 17.3 Å². The first kappa shape index (κ1) is 13.1. The zero-order chi connectivity index (χ0) is 13.0. The lowest BCUT2D eigenvalue weighted by atomic mass is 10.2. The Morgan fingerprint density at radius 2 is 2.11 bits per heavy atom. The Hall–Kier alpha value is -1.29. The van der Waals surface area contributed by atoms with E-state index in [1.165, 1.54) is 31.0 Å². The standard InChI is InChI=1S/C13H16ClFN2O/c14-11-6-5-9(15)7-12(11)16-8-13(18)17-10-3-1-2-4-10/h5-7,10,16H,1-4,8H2,(H,17,18). The van der Waals surface area contributed by atoms with Gasteiger partial charge in [-0.25, -0.2) is 4.39 Å². The van der Waals surface area contributed by atoms with Crippen LogP contribution in [0.25, 0.3) is 0 Å². The van der Waals surface area contributed by atoms with E-state index in [1.807, 2.05) is 0 Å². The van der Waals surface area contributed by atoms with Crippen molar-refractivity contribution < 1.29 is 9.18 Å². The third-order valence-electron chi connectivity index (χ3n) is 3.09. The van der Waals surface area contributed by atoms with Gasteiger partial charge in [0.2, 0.25) is 5.91 Å². The average Bonchev–Trinajstić information content (AvgIpc) is 2.83. The van der Waals surface area contributed by atoms with Crippen LogP contribution in [-0.4, -0.2) is 18.5 Å². The molecule has 0 bridgehead atoms. The molecule has 0 aliphatic heterocycles. The summed E-state index contributed by atoms with van der Waals surface area (Å²) in [6, 6.07) is 4.33. The van der Waals surface area contributed by atoms with Crippen LogP contribution in [0.15, 0.2) is 18.2 Å². The van der Waals surface area contributed by atoms with Gasteiger partial charge in [-0.1, -0.05) is 24.4 Å². The van der Waals surface area contributed by atoms with E-state index in [4.69, 9.17) is 11.6 Å². The molecule has 0 aromatic heterocycles. The van der Waals surface area contributed by atoms with Crippen LogP contribution in [0, 0.1) is 5.82 Å². The van der Waals surface area contributed by atoms with Crippen molar-refractivity contribution in [1.82, 2.24) is 5.32 Å². The highest BCUT2D eigenvalue weighted by molar-refractivity contribution is 6.33. The van der Waals surface area contributed by atoms with Crippen molar-refractivity contribution in [3.63, 3.8) is 0 Å². The Bertz CT molecular complexity index is 433. The molecule has 18 heavy (non-hydrogen) atoms. The second kappa shape index (κ2) is 6.05. The van der Waals surface area contributed by atoms with Gasteiger partial charge in [0.25, 0.3) is 0 Å².